The molecule has 0 spiro atoms. The summed E-state index contributed by atoms with van der Waals surface area (Å²) in [5.74, 6) is 0.913. The van der Waals surface area contributed by atoms with Gasteiger partial charge in [-0.05, 0) is 69.8 Å². The number of hydrogen-bond acceptors (Lipinski definition) is 3. The number of methoxy groups -OCH3 is 1. The molecule has 0 N–H and O–H groups in total. The van der Waals surface area contributed by atoms with Crippen LogP contribution in [0.2, 0.25) is 0 Å². The molecule has 0 aliphatic carbocycles. The summed E-state index contributed by atoms with van der Waals surface area (Å²) in [5, 5.41) is 0. The molecule has 2 heterocycles. The van der Waals surface area contributed by atoms with Crippen LogP contribution in [0.5, 0.6) is 5.75 Å². The number of benzene rings is 1. The predicted molar refractivity (Wildman–Crippen MR) is 99.2 cm³/mol. The smallest absolute Gasteiger partial charge is 0.254 e. The first-order valence-corrected chi connectivity index (χ1v) is 8.95. The van der Waals surface area contributed by atoms with E-state index in [1.54, 1.807) is 7.11 Å². The van der Waals surface area contributed by atoms with Crippen molar-refractivity contribution >= 4 is 18.3 Å². The quantitative estimate of drug-likeness (QED) is 0.811. The molecule has 2 aliphatic rings. The zero-order chi connectivity index (χ0) is 16.1. The highest BCUT2D eigenvalue weighted by Crippen LogP contribution is 2.24. The number of amides is 1. The molecular formula is C19H29ClN2O2. The van der Waals surface area contributed by atoms with Crippen LogP contribution in [0.1, 0.15) is 48.9 Å². The Bertz CT molecular complexity index is 532. The summed E-state index contributed by atoms with van der Waals surface area (Å²) in [5.41, 5.74) is 0.748. The van der Waals surface area contributed by atoms with Gasteiger partial charge >= 0.3 is 0 Å². The number of carbonyl (C=O) groups is 1. The summed E-state index contributed by atoms with van der Waals surface area (Å²) >= 11 is 0. The first-order chi connectivity index (χ1) is 11.3. The molecule has 2 aliphatic heterocycles. The fourth-order valence-corrected chi connectivity index (χ4v) is 3.83. The second-order valence-electron chi connectivity index (χ2n) is 6.72. The lowest BCUT2D eigenvalue weighted by Crippen LogP contribution is -2.45. The van der Waals surface area contributed by atoms with Crippen LogP contribution in [0.15, 0.2) is 24.3 Å². The molecule has 1 amide bonds. The van der Waals surface area contributed by atoms with Crippen LogP contribution in [0.4, 0.5) is 0 Å². The standard InChI is InChI=1S/C19H28N2O2.ClH/c1-23-18-9-6-7-16(15-18)19(22)21-13-3-2-8-17(21)10-14-20-11-4-5-12-20;/h6-7,9,15,17H,2-5,8,10-14H2,1H3;1H. The van der Waals surface area contributed by atoms with Crippen molar-refractivity contribution in [3.63, 3.8) is 0 Å². The highest BCUT2D eigenvalue weighted by atomic mass is 35.5. The van der Waals surface area contributed by atoms with Crippen LogP contribution in [-0.2, 0) is 0 Å². The van der Waals surface area contributed by atoms with Gasteiger partial charge in [0.1, 0.15) is 5.75 Å². The number of rotatable bonds is 5. The number of piperidine rings is 1. The van der Waals surface area contributed by atoms with Crippen molar-refractivity contribution in [1.29, 1.82) is 0 Å². The van der Waals surface area contributed by atoms with Crippen LogP contribution in [0.3, 0.4) is 0 Å². The monoisotopic (exact) mass is 352 g/mol. The van der Waals surface area contributed by atoms with Gasteiger partial charge in [0.15, 0.2) is 0 Å². The summed E-state index contributed by atoms with van der Waals surface area (Å²) in [6, 6.07) is 7.93. The second-order valence-corrected chi connectivity index (χ2v) is 6.72. The molecule has 134 valence electrons. The predicted octanol–water partition coefficient (Wildman–Crippen LogP) is 3.60. The first kappa shape index (κ1) is 19.1. The number of nitrogens with zero attached hydrogens (tertiary/aromatic N) is 2. The maximum absolute atomic E-state index is 12.9. The first-order valence-electron chi connectivity index (χ1n) is 8.95. The number of carbonyl (C=O) groups excluding carboxylic acids is 1. The van der Waals surface area contributed by atoms with Crippen molar-refractivity contribution in [3.05, 3.63) is 29.8 Å². The molecule has 2 fully saturated rings. The number of ether oxygens (including phenoxy) is 1. The van der Waals surface area contributed by atoms with Crippen LogP contribution in [0.25, 0.3) is 0 Å². The van der Waals surface area contributed by atoms with E-state index in [1.807, 2.05) is 24.3 Å². The molecule has 3 rings (SSSR count). The minimum atomic E-state index is 0. The number of halogens is 1. The van der Waals surface area contributed by atoms with Gasteiger partial charge in [-0.3, -0.25) is 4.79 Å². The van der Waals surface area contributed by atoms with E-state index in [-0.39, 0.29) is 18.3 Å². The third kappa shape index (κ3) is 4.64. The second kappa shape index (κ2) is 9.28. The highest BCUT2D eigenvalue weighted by molar-refractivity contribution is 5.94. The van der Waals surface area contributed by atoms with Crippen LogP contribution >= 0.6 is 12.4 Å². The molecule has 0 bridgehead atoms. The van der Waals surface area contributed by atoms with Crippen molar-refractivity contribution in [2.24, 2.45) is 0 Å². The van der Waals surface area contributed by atoms with Gasteiger partial charge in [0, 0.05) is 24.7 Å². The minimum Gasteiger partial charge on any atom is -0.497 e. The zero-order valence-corrected chi connectivity index (χ0v) is 15.4. The van der Waals surface area contributed by atoms with E-state index in [4.69, 9.17) is 4.74 Å². The fourth-order valence-electron chi connectivity index (χ4n) is 3.83. The Morgan fingerprint density at radius 3 is 2.67 bits per heavy atom. The number of hydrogen-bond donors (Lipinski definition) is 0. The Balaban J connectivity index is 0.00000208. The molecular weight excluding hydrogens is 324 g/mol. The van der Waals surface area contributed by atoms with Crippen LogP contribution in [-0.4, -0.2) is 55.0 Å². The lowest BCUT2D eigenvalue weighted by Gasteiger charge is -2.36. The van der Waals surface area contributed by atoms with Gasteiger partial charge in [0.25, 0.3) is 5.91 Å². The van der Waals surface area contributed by atoms with E-state index in [9.17, 15) is 4.79 Å². The summed E-state index contributed by atoms with van der Waals surface area (Å²) < 4.78 is 5.26. The SMILES string of the molecule is COc1cccc(C(=O)N2CCCCC2CCN2CCCC2)c1.Cl. The normalized spacial score (nSPS) is 21.4. The van der Waals surface area contributed by atoms with Gasteiger partial charge in [0.05, 0.1) is 7.11 Å². The lowest BCUT2D eigenvalue weighted by atomic mass is 9.98. The molecule has 2 saturated heterocycles. The van der Waals surface area contributed by atoms with E-state index < -0.39 is 0 Å². The van der Waals surface area contributed by atoms with Crippen molar-refractivity contribution in [3.8, 4) is 5.75 Å². The molecule has 1 aromatic rings. The van der Waals surface area contributed by atoms with E-state index in [1.165, 1.54) is 32.4 Å². The molecule has 0 radical (unpaired) electrons. The molecule has 0 saturated carbocycles. The Labute approximate surface area is 151 Å². The zero-order valence-electron chi connectivity index (χ0n) is 14.6. The Morgan fingerprint density at radius 2 is 1.92 bits per heavy atom. The average molecular weight is 353 g/mol. The minimum absolute atomic E-state index is 0. The van der Waals surface area contributed by atoms with E-state index >= 15 is 0 Å². The summed E-state index contributed by atoms with van der Waals surface area (Å²) in [7, 11) is 1.64. The van der Waals surface area contributed by atoms with Crippen LogP contribution < -0.4 is 4.74 Å². The molecule has 1 aromatic carbocycles. The van der Waals surface area contributed by atoms with Gasteiger partial charge in [-0.25, -0.2) is 0 Å². The van der Waals surface area contributed by atoms with Crippen molar-refractivity contribution in [2.75, 3.05) is 33.3 Å². The van der Waals surface area contributed by atoms with Crippen molar-refractivity contribution in [2.45, 2.75) is 44.6 Å². The van der Waals surface area contributed by atoms with Crippen molar-refractivity contribution in [1.82, 2.24) is 9.80 Å². The Morgan fingerprint density at radius 1 is 1.17 bits per heavy atom. The average Bonchev–Trinajstić information content (AvgIpc) is 3.13. The summed E-state index contributed by atoms with van der Waals surface area (Å²) in [4.78, 5) is 17.6. The van der Waals surface area contributed by atoms with Gasteiger partial charge in [-0.15, -0.1) is 12.4 Å². The van der Waals surface area contributed by atoms with Gasteiger partial charge in [-0.2, -0.15) is 0 Å². The third-order valence-corrected chi connectivity index (χ3v) is 5.18. The summed E-state index contributed by atoms with van der Waals surface area (Å²) in [6.45, 7) is 4.49. The summed E-state index contributed by atoms with van der Waals surface area (Å²) in [6.07, 6.45) is 7.27. The maximum atomic E-state index is 12.9. The molecule has 4 nitrogen and oxygen atoms in total. The maximum Gasteiger partial charge on any atom is 0.254 e. The molecule has 1 atom stereocenters. The molecule has 24 heavy (non-hydrogen) atoms. The number of likely N-dealkylation sites (tertiary alicyclic amines) is 2. The molecule has 0 aromatic heterocycles. The van der Waals surface area contributed by atoms with E-state index in [2.05, 4.69) is 9.80 Å². The molecule has 1 unspecified atom stereocenters. The largest absolute Gasteiger partial charge is 0.497 e. The van der Waals surface area contributed by atoms with Gasteiger partial charge < -0.3 is 14.5 Å². The fraction of sp³-hybridized carbons (Fsp3) is 0.632. The lowest BCUT2D eigenvalue weighted by molar-refractivity contribution is 0.0587. The van der Waals surface area contributed by atoms with Crippen LogP contribution in [0, 0.1) is 0 Å². The van der Waals surface area contributed by atoms with Gasteiger partial charge in [-0.1, -0.05) is 6.07 Å². The highest BCUT2D eigenvalue weighted by Gasteiger charge is 2.28. The van der Waals surface area contributed by atoms with Crippen molar-refractivity contribution < 1.29 is 9.53 Å². The van der Waals surface area contributed by atoms with E-state index in [0.29, 0.717) is 6.04 Å². The van der Waals surface area contributed by atoms with Gasteiger partial charge in [0.2, 0.25) is 0 Å². The Kier molecular flexibility index (Phi) is 7.38. The Hall–Kier alpha value is -1.26. The molecule has 5 heteroatoms. The van der Waals surface area contributed by atoms with E-state index in [0.717, 1.165) is 43.7 Å². The third-order valence-electron chi connectivity index (χ3n) is 5.18. The topological polar surface area (TPSA) is 32.8 Å².